The Balaban J connectivity index is 1.84. The number of aliphatic imine (C=N–C) groups is 1. The van der Waals surface area contributed by atoms with Crippen LogP contribution in [0.4, 0.5) is 0 Å². The van der Waals surface area contributed by atoms with E-state index in [2.05, 4.69) is 28.4 Å². The van der Waals surface area contributed by atoms with Gasteiger partial charge in [0.2, 0.25) is 11.8 Å². The number of amidine groups is 1. The molecule has 1 fully saturated rings. The van der Waals surface area contributed by atoms with Crippen LogP contribution < -0.4 is 22.3 Å². The third-order valence-electron chi connectivity index (χ3n) is 8.22. The molecule has 0 aromatic heterocycles. The van der Waals surface area contributed by atoms with Gasteiger partial charge in [0.15, 0.2) is 0 Å². The fourth-order valence-corrected chi connectivity index (χ4v) is 6.27. The van der Waals surface area contributed by atoms with Crippen LogP contribution in [-0.4, -0.2) is 61.2 Å². The van der Waals surface area contributed by atoms with Crippen molar-refractivity contribution in [2.24, 2.45) is 16.5 Å². The van der Waals surface area contributed by atoms with E-state index in [4.69, 9.17) is 16.3 Å². The number of benzene rings is 2. The summed E-state index contributed by atoms with van der Waals surface area (Å²) in [6, 6.07) is 12.8. The van der Waals surface area contributed by atoms with Crippen LogP contribution in [0.1, 0.15) is 64.4 Å². The number of likely N-dealkylation sites (tertiary alicyclic amines) is 1. The molecule has 0 spiro atoms. The zero-order valence-electron chi connectivity index (χ0n) is 24.0. The highest BCUT2D eigenvalue weighted by atomic mass is 16.7. The van der Waals surface area contributed by atoms with Gasteiger partial charge in [-0.05, 0) is 85.0 Å². The Morgan fingerprint density at radius 1 is 1.21 bits per heavy atom. The number of hydroxylamine groups is 1. The molecule has 2 aliphatic rings. The average Bonchev–Trinajstić information content (AvgIpc) is 3.42. The van der Waals surface area contributed by atoms with Gasteiger partial charge in [0.1, 0.15) is 11.9 Å². The Bertz CT molecular complexity index is 1400. The maximum atomic E-state index is 13.0. The smallest absolute Gasteiger partial charge is 0.320 e. The molecule has 2 unspecified atom stereocenters. The fourth-order valence-electron chi connectivity index (χ4n) is 6.27. The minimum absolute atomic E-state index is 0.0541. The van der Waals surface area contributed by atoms with Gasteiger partial charge in [-0.25, -0.2) is 5.48 Å². The second kappa shape index (κ2) is 12.9. The first kappa shape index (κ1) is 30.3. The molecule has 2 aromatic rings. The van der Waals surface area contributed by atoms with Crippen LogP contribution in [0, 0.1) is 11.3 Å². The number of amides is 2. The molecular weight excluding hydrogens is 534 g/mol. The van der Waals surface area contributed by atoms with Gasteiger partial charge in [-0.2, -0.15) is 5.26 Å². The zero-order chi connectivity index (χ0) is 30.4. The third kappa shape index (κ3) is 5.85. The molecule has 0 radical (unpaired) electrons. The maximum Gasteiger partial charge on any atom is 0.320 e. The van der Waals surface area contributed by atoms with Crippen molar-refractivity contribution in [3.05, 3.63) is 76.4 Å². The third-order valence-corrected chi connectivity index (χ3v) is 8.22. The summed E-state index contributed by atoms with van der Waals surface area (Å²) in [6.45, 7) is 6.77. The van der Waals surface area contributed by atoms with E-state index in [0.29, 0.717) is 49.3 Å². The summed E-state index contributed by atoms with van der Waals surface area (Å²) in [5.74, 6) is -0.301. The van der Waals surface area contributed by atoms with Crippen LogP contribution in [0.2, 0.25) is 0 Å². The zero-order valence-corrected chi connectivity index (χ0v) is 24.0. The van der Waals surface area contributed by atoms with E-state index in [1.807, 2.05) is 31.2 Å². The molecule has 1 aliphatic heterocycles. The van der Waals surface area contributed by atoms with Crippen LogP contribution in [0.15, 0.2) is 48.0 Å². The van der Waals surface area contributed by atoms with E-state index in [9.17, 15) is 19.6 Å². The number of fused-ring (bicyclic) bond motifs is 2. The summed E-state index contributed by atoms with van der Waals surface area (Å²) in [6.07, 6.45) is 3.10. The standard InChI is InChI=1S/C31H37N7O4/c1-19(36-17-28(40)38-12-4-5-25(38)16-32)15-31(30(35-3)37-42-18-39)26-10-8-21(20(2)33)13-22(26)6-7-23-14-24(29(34)41)9-11-27(23)31/h8-11,13-14,18-19,25,36H,2,4-7,12,15,17,33H2,1,3H3,(H2,34,41)(H,35,37)/t19-,25?,31?/m1/s1. The molecule has 2 amide bonds. The molecule has 4 rings (SSSR count). The van der Waals surface area contributed by atoms with Crippen LogP contribution in [0.5, 0.6) is 0 Å². The number of nitriles is 1. The second-order valence-corrected chi connectivity index (χ2v) is 10.8. The lowest BCUT2D eigenvalue weighted by atomic mass is 9.67. The van der Waals surface area contributed by atoms with Gasteiger partial charge >= 0.3 is 6.47 Å². The monoisotopic (exact) mass is 571 g/mol. The Morgan fingerprint density at radius 3 is 2.43 bits per heavy atom. The molecule has 1 saturated heterocycles. The quantitative estimate of drug-likeness (QED) is 0.144. The molecule has 1 aliphatic carbocycles. The lowest BCUT2D eigenvalue weighted by Crippen LogP contribution is -2.51. The summed E-state index contributed by atoms with van der Waals surface area (Å²) >= 11 is 0. The minimum atomic E-state index is -0.998. The molecule has 11 heteroatoms. The Hall–Kier alpha value is -4.69. The van der Waals surface area contributed by atoms with Gasteiger partial charge in [-0.15, -0.1) is 0 Å². The first-order chi connectivity index (χ1) is 20.2. The molecule has 220 valence electrons. The number of carbonyl (C=O) groups excluding carboxylic acids is 3. The van der Waals surface area contributed by atoms with Crippen molar-refractivity contribution in [1.29, 1.82) is 5.26 Å². The Morgan fingerprint density at radius 2 is 1.86 bits per heavy atom. The van der Waals surface area contributed by atoms with Crippen LogP contribution in [0.3, 0.4) is 0 Å². The minimum Gasteiger partial charge on any atom is -0.399 e. The highest BCUT2D eigenvalue weighted by Crippen LogP contribution is 2.44. The van der Waals surface area contributed by atoms with Crippen molar-refractivity contribution in [3.63, 3.8) is 0 Å². The molecule has 11 nitrogen and oxygen atoms in total. The van der Waals surface area contributed by atoms with E-state index < -0.39 is 17.4 Å². The first-order valence-electron chi connectivity index (χ1n) is 13.9. The molecule has 42 heavy (non-hydrogen) atoms. The molecule has 1 heterocycles. The average molecular weight is 572 g/mol. The molecule has 2 aromatic carbocycles. The fraction of sp³-hybridized carbons (Fsp3) is 0.387. The molecule has 0 saturated carbocycles. The van der Waals surface area contributed by atoms with Crippen molar-refractivity contribution in [2.75, 3.05) is 20.1 Å². The maximum absolute atomic E-state index is 13.0. The molecular formula is C31H37N7O4. The number of aryl methyl sites for hydroxylation is 2. The van der Waals surface area contributed by atoms with E-state index >= 15 is 0 Å². The highest BCUT2D eigenvalue weighted by Gasteiger charge is 2.46. The molecule has 3 atom stereocenters. The van der Waals surface area contributed by atoms with Crippen molar-refractivity contribution in [1.82, 2.24) is 15.7 Å². The summed E-state index contributed by atoms with van der Waals surface area (Å²) in [7, 11) is 1.60. The van der Waals surface area contributed by atoms with Crippen molar-refractivity contribution in [3.8, 4) is 6.07 Å². The van der Waals surface area contributed by atoms with Gasteiger partial charge in [0, 0.05) is 30.9 Å². The second-order valence-electron chi connectivity index (χ2n) is 10.8. The van der Waals surface area contributed by atoms with Crippen molar-refractivity contribution >= 4 is 29.8 Å². The van der Waals surface area contributed by atoms with Crippen LogP contribution >= 0.6 is 0 Å². The summed E-state index contributed by atoms with van der Waals surface area (Å²) in [5.41, 5.74) is 18.7. The van der Waals surface area contributed by atoms with Gasteiger partial charge in [-0.3, -0.25) is 19.4 Å². The molecule has 0 bridgehead atoms. The van der Waals surface area contributed by atoms with E-state index in [1.54, 1.807) is 24.1 Å². The number of nitrogens with two attached hydrogens (primary N) is 2. The van der Waals surface area contributed by atoms with E-state index in [0.717, 1.165) is 34.2 Å². The first-order valence-corrected chi connectivity index (χ1v) is 13.9. The number of hydrogen-bond donors (Lipinski definition) is 4. The summed E-state index contributed by atoms with van der Waals surface area (Å²) in [4.78, 5) is 47.7. The lowest BCUT2D eigenvalue weighted by molar-refractivity contribution is -0.132. The normalized spacial score (nSPS) is 20.4. The lowest BCUT2D eigenvalue weighted by Gasteiger charge is -2.39. The topological polar surface area (TPSA) is 176 Å². The highest BCUT2D eigenvalue weighted by molar-refractivity contribution is 5.98. The van der Waals surface area contributed by atoms with Gasteiger partial charge < -0.3 is 26.5 Å². The number of rotatable bonds is 10. The number of hydrogen-bond acceptors (Lipinski definition) is 8. The number of carbonyl (C=O) groups is 3. The summed E-state index contributed by atoms with van der Waals surface area (Å²) in [5, 5.41) is 12.8. The van der Waals surface area contributed by atoms with Gasteiger partial charge in [0.05, 0.1) is 18.0 Å². The Kier molecular flexibility index (Phi) is 9.28. The predicted octanol–water partition coefficient (Wildman–Crippen LogP) is 1.69. The number of nitrogens with zero attached hydrogens (tertiary/aromatic N) is 3. The van der Waals surface area contributed by atoms with E-state index in [1.165, 1.54) is 0 Å². The van der Waals surface area contributed by atoms with Crippen molar-refractivity contribution < 1.29 is 19.2 Å². The largest absolute Gasteiger partial charge is 0.399 e. The SMILES string of the molecule is C=C(N)c1ccc2c(c1)CCc1cc(C(N)=O)ccc1C2(C[C@@H](C)NCC(=O)N1CCCC1C#N)/C(=N/C)NOC=O. The van der Waals surface area contributed by atoms with Crippen molar-refractivity contribution in [2.45, 2.75) is 56.5 Å². The molecule has 6 N–H and O–H groups in total. The predicted molar refractivity (Wildman–Crippen MR) is 159 cm³/mol. The van der Waals surface area contributed by atoms with Crippen LogP contribution in [0.25, 0.3) is 5.70 Å². The summed E-state index contributed by atoms with van der Waals surface area (Å²) < 4.78 is 0. The van der Waals surface area contributed by atoms with E-state index in [-0.39, 0.29) is 25.0 Å². The van der Waals surface area contributed by atoms with Crippen LogP contribution in [-0.2, 0) is 32.7 Å². The Labute approximate surface area is 245 Å². The number of primary amides is 1. The van der Waals surface area contributed by atoms with Gasteiger partial charge in [-0.1, -0.05) is 24.8 Å². The number of nitrogens with one attached hydrogen (secondary N) is 2. The van der Waals surface area contributed by atoms with Gasteiger partial charge in [0.25, 0.3) is 0 Å².